The van der Waals surface area contributed by atoms with Crippen LogP contribution in [0, 0.1) is 5.82 Å². The molecule has 3 heteroatoms. The molecule has 0 N–H and O–H groups in total. The summed E-state index contributed by atoms with van der Waals surface area (Å²) in [5, 5.41) is 2.41. The van der Waals surface area contributed by atoms with Gasteiger partial charge in [-0.25, -0.2) is 4.39 Å². The molecule has 1 nitrogen and oxygen atoms in total. The van der Waals surface area contributed by atoms with Crippen LogP contribution in [0.15, 0.2) is 138 Å². The Morgan fingerprint density at radius 1 is 0.550 bits per heavy atom. The summed E-state index contributed by atoms with van der Waals surface area (Å²) in [6, 6.07) is 45.0. The van der Waals surface area contributed by atoms with Gasteiger partial charge in [-0.3, -0.25) is 0 Å². The highest BCUT2D eigenvalue weighted by molar-refractivity contribution is 6.30. The Hall–Kier alpha value is -4.66. The lowest BCUT2D eigenvalue weighted by atomic mass is 9.67. The van der Waals surface area contributed by atoms with E-state index in [-0.39, 0.29) is 5.82 Å². The largest absolute Gasteiger partial charge is 0.455 e. The maximum atomic E-state index is 14.0. The van der Waals surface area contributed by atoms with Gasteiger partial charge >= 0.3 is 0 Å². The second-order valence-corrected chi connectivity index (χ2v) is 10.8. The van der Waals surface area contributed by atoms with Gasteiger partial charge in [0.05, 0.1) is 5.41 Å². The molecule has 1 atom stereocenters. The summed E-state index contributed by atoms with van der Waals surface area (Å²) in [6.45, 7) is 0. The Bertz CT molecular complexity index is 2070. The summed E-state index contributed by atoms with van der Waals surface area (Å²) in [7, 11) is 0. The average Bonchev–Trinajstić information content (AvgIpc) is 3.51. The van der Waals surface area contributed by atoms with Crippen molar-refractivity contribution in [1.29, 1.82) is 0 Å². The summed E-state index contributed by atoms with van der Waals surface area (Å²) in [4.78, 5) is 0. The highest BCUT2D eigenvalue weighted by atomic mass is 35.5. The van der Waals surface area contributed by atoms with Crippen molar-refractivity contribution in [2.75, 3.05) is 0 Å². The first-order valence-corrected chi connectivity index (χ1v) is 13.7. The van der Waals surface area contributed by atoms with Crippen molar-refractivity contribution in [1.82, 2.24) is 0 Å². The summed E-state index contributed by atoms with van der Waals surface area (Å²) < 4.78 is 20.3. The van der Waals surface area contributed by atoms with Crippen LogP contribution in [-0.4, -0.2) is 0 Å². The van der Waals surface area contributed by atoms with Gasteiger partial charge in [0.2, 0.25) is 0 Å². The Balaban J connectivity index is 1.37. The third kappa shape index (κ3) is 3.20. The van der Waals surface area contributed by atoms with E-state index >= 15 is 0 Å². The van der Waals surface area contributed by atoms with Gasteiger partial charge in [-0.15, -0.1) is 0 Å². The normalized spacial score (nSPS) is 15.8. The molecule has 1 heterocycles. The van der Waals surface area contributed by atoms with Crippen LogP contribution in [0.25, 0.3) is 44.2 Å². The average molecular weight is 537 g/mol. The van der Waals surface area contributed by atoms with Crippen LogP contribution in [0.2, 0.25) is 5.02 Å². The molecule has 1 unspecified atom stereocenters. The van der Waals surface area contributed by atoms with E-state index in [2.05, 4.69) is 97.1 Å². The first kappa shape index (κ1) is 23.2. The van der Waals surface area contributed by atoms with Crippen LogP contribution in [-0.2, 0) is 5.41 Å². The molecule has 1 aromatic heterocycles. The van der Waals surface area contributed by atoms with E-state index < -0.39 is 5.41 Å². The number of furan rings is 1. The zero-order valence-electron chi connectivity index (χ0n) is 21.4. The standard InChI is InChI=1S/C37H22ClFO/c38-26-17-19-30-29-9-4-5-12-33(29)37(34(30)21-26,24-7-2-1-3-8-24)25-15-13-23(14-16-25)28-10-6-11-31-32-22-27(39)18-20-35(32)40-36(28)31/h1-22H. The van der Waals surface area contributed by atoms with Crippen LogP contribution in [0.5, 0.6) is 0 Å². The van der Waals surface area contributed by atoms with Crippen molar-refractivity contribution in [3.05, 3.63) is 167 Å². The van der Waals surface area contributed by atoms with Crippen LogP contribution in [0.1, 0.15) is 22.3 Å². The van der Waals surface area contributed by atoms with Gasteiger partial charge in [0.25, 0.3) is 0 Å². The molecular weight excluding hydrogens is 515 g/mol. The highest BCUT2D eigenvalue weighted by Gasteiger charge is 2.46. The molecule has 0 bridgehead atoms. The van der Waals surface area contributed by atoms with Crippen molar-refractivity contribution in [2.24, 2.45) is 0 Å². The molecule has 7 aromatic rings. The van der Waals surface area contributed by atoms with Crippen molar-refractivity contribution < 1.29 is 8.81 Å². The number of rotatable bonds is 3. The summed E-state index contributed by atoms with van der Waals surface area (Å²) in [6.07, 6.45) is 0. The number of para-hydroxylation sites is 1. The minimum absolute atomic E-state index is 0.270. The SMILES string of the molecule is Fc1ccc2oc3c(-c4ccc(C5(c6ccccc6)c6ccccc6-c6ccc(Cl)cc65)cc4)cccc3c2c1. The monoisotopic (exact) mass is 536 g/mol. The number of hydrogen-bond donors (Lipinski definition) is 0. The van der Waals surface area contributed by atoms with Crippen LogP contribution in [0.3, 0.4) is 0 Å². The predicted octanol–water partition coefficient (Wildman–Crippen LogP) is 10.4. The van der Waals surface area contributed by atoms with Crippen LogP contribution in [0.4, 0.5) is 4.39 Å². The minimum Gasteiger partial charge on any atom is -0.455 e. The van der Waals surface area contributed by atoms with E-state index in [0.717, 1.165) is 38.1 Å². The molecule has 0 spiro atoms. The first-order chi connectivity index (χ1) is 19.6. The third-order valence-electron chi connectivity index (χ3n) is 8.30. The van der Waals surface area contributed by atoms with Gasteiger partial charge in [-0.2, -0.15) is 0 Å². The maximum Gasteiger partial charge on any atom is 0.143 e. The van der Waals surface area contributed by atoms with Crippen molar-refractivity contribution in [2.45, 2.75) is 5.41 Å². The van der Waals surface area contributed by atoms with E-state index in [4.69, 9.17) is 16.0 Å². The van der Waals surface area contributed by atoms with Crippen LogP contribution >= 0.6 is 11.6 Å². The van der Waals surface area contributed by atoms with E-state index in [9.17, 15) is 4.39 Å². The molecule has 1 aliphatic carbocycles. The first-order valence-electron chi connectivity index (χ1n) is 13.3. The molecule has 0 fully saturated rings. The summed E-state index contributed by atoms with van der Waals surface area (Å²) in [5.74, 6) is -0.270. The van der Waals surface area contributed by atoms with Crippen molar-refractivity contribution in [3.8, 4) is 22.3 Å². The molecule has 0 saturated carbocycles. The van der Waals surface area contributed by atoms with E-state index in [1.165, 1.54) is 39.9 Å². The van der Waals surface area contributed by atoms with Crippen LogP contribution < -0.4 is 0 Å². The second-order valence-electron chi connectivity index (χ2n) is 10.4. The Labute approximate surface area is 236 Å². The van der Waals surface area contributed by atoms with E-state index in [1.807, 2.05) is 18.2 Å². The molecule has 0 amide bonds. The molecule has 8 rings (SSSR count). The van der Waals surface area contributed by atoms with Gasteiger partial charge in [0.1, 0.15) is 17.0 Å². The predicted molar refractivity (Wildman–Crippen MR) is 161 cm³/mol. The Morgan fingerprint density at radius 2 is 1.27 bits per heavy atom. The fourth-order valence-corrected chi connectivity index (χ4v) is 6.80. The fourth-order valence-electron chi connectivity index (χ4n) is 6.63. The zero-order chi connectivity index (χ0) is 26.8. The minimum atomic E-state index is -0.514. The molecule has 190 valence electrons. The molecule has 6 aromatic carbocycles. The number of hydrogen-bond acceptors (Lipinski definition) is 1. The van der Waals surface area contributed by atoms with E-state index in [0.29, 0.717) is 5.58 Å². The number of halogens is 2. The van der Waals surface area contributed by atoms with Gasteiger partial charge in [-0.05, 0) is 69.3 Å². The highest BCUT2D eigenvalue weighted by Crippen LogP contribution is 2.56. The second kappa shape index (κ2) is 8.67. The molecule has 0 saturated heterocycles. The van der Waals surface area contributed by atoms with Crippen molar-refractivity contribution in [3.63, 3.8) is 0 Å². The Morgan fingerprint density at radius 3 is 2.12 bits per heavy atom. The van der Waals surface area contributed by atoms with Gasteiger partial charge < -0.3 is 4.42 Å². The number of fused-ring (bicyclic) bond motifs is 6. The lowest BCUT2D eigenvalue weighted by Gasteiger charge is -2.34. The third-order valence-corrected chi connectivity index (χ3v) is 8.54. The van der Waals surface area contributed by atoms with Gasteiger partial charge in [-0.1, -0.05) is 115 Å². The molecule has 0 aliphatic heterocycles. The molecule has 40 heavy (non-hydrogen) atoms. The van der Waals surface area contributed by atoms with Crippen molar-refractivity contribution >= 4 is 33.5 Å². The molecule has 1 aliphatic rings. The summed E-state index contributed by atoms with van der Waals surface area (Å²) in [5.41, 5.74) is 10.1. The van der Waals surface area contributed by atoms with Gasteiger partial charge in [0.15, 0.2) is 0 Å². The lowest BCUT2D eigenvalue weighted by Crippen LogP contribution is -2.28. The maximum absolute atomic E-state index is 14.0. The topological polar surface area (TPSA) is 13.1 Å². The quantitative estimate of drug-likeness (QED) is 0.219. The lowest BCUT2D eigenvalue weighted by molar-refractivity contribution is 0.626. The molecular formula is C37H22ClFO. The number of benzene rings is 6. The Kier molecular flexibility index (Phi) is 5.04. The molecule has 0 radical (unpaired) electrons. The summed E-state index contributed by atoms with van der Waals surface area (Å²) >= 11 is 6.64. The van der Waals surface area contributed by atoms with Gasteiger partial charge in [0, 0.05) is 21.4 Å². The smallest absolute Gasteiger partial charge is 0.143 e. The zero-order valence-corrected chi connectivity index (χ0v) is 22.1. The fraction of sp³-hybridized carbons (Fsp3) is 0.0270. The van der Waals surface area contributed by atoms with E-state index in [1.54, 1.807) is 6.07 Å².